The van der Waals surface area contributed by atoms with E-state index in [1.165, 1.54) is 32.1 Å². The van der Waals surface area contributed by atoms with E-state index in [0.29, 0.717) is 12.2 Å². The van der Waals surface area contributed by atoms with Crippen LogP contribution in [0.25, 0.3) is 0 Å². The van der Waals surface area contributed by atoms with Crippen molar-refractivity contribution in [3.63, 3.8) is 0 Å². The molecule has 0 N–H and O–H groups in total. The molecule has 0 aliphatic heterocycles. The van der Waals surface area contributed by atoms with Gasteiger partial charge in [0.25, 0.3) is 0 Å². The Morgan fingerprint density at radius 1 is 1.07 bits per heavy atom. The van der Waals surface area contributed by atoms with Crippen LogP contribution < -0.4 is 0 Å². The number of ether oxygens (including phenoxy) is 1. The van der Waals surface area contributed by atoms with Gasteiger partial charge in [0, 0.05) is 0 Å². The van der Waals surface area contributed by atoms with Crippen LogP contribution in [-0.2, 0) is 4.74 Å². The molecule has 0 aromatic rings. The Labute approximate surface area is 89.2 Å². The van der Waals surface area contributed by atoms with Crippen molar-refractivity contribution < 1.29 is 4.74 Å². The van der Waals surface area contributed by atoms with Crippen molar-refractivity contribution >= 4 is 0 Å². The first-order chi connectivity index (χ1) is 6.58. The predicted molar refractivity (Wildman–Crippen MR) is 61.4 cm³/mol. The third kappa shape index (κ3) is 4.45. The van der Waals surface area contributed by atoms with Gasteiger partial charge < -0.3 is 4.74 Å². The van der Waals surface area contributed by atoms with E-state index in [4.69, 9.17) is 4.74 Å². The van der Waals surface area contributed by atoms with E-state index in [1.54, 1.807) is 0 Å². The molecule has 0 heterocycles. The Morgan fingerprint density at radius 3 is 2.14 bits per heavy atom. The molecule has 1 aliphatic carbocycles. The van der Waals surface area contributed by atoms with Gasteiger partial charge >= 0.3 is 0 Å². The van der Waals surface area contributed by atoms with Gasteiger partial charge in [-0.25, -0.2) is 0 Å². The minimum atomic E-state index is 0.452. The van der Waals surface area contributed by atoms with Crippen molar-refractivity contribution in [3.05, 3.63) is 0 Å². The molecular weight excluding hydrogens is 172 g/mol. The average Bonchev–Trinajstić information content (AvgIpc) is 2.07. The van der Waals surface area contributed by atoms with Crippen LogP contribution >= 0.6 is 0 Å². The largest absolute Gasteiger partial charge is 0.375 e. The zero-order chi connectivity index (χ0) is 10.6. The molecule has 0 spiro atoms. The molecule has 0 unspecified atom stereocenters. The second-order valence-electron chi connectivity index (χ2n) is 5.46. The molecule has 1 saturated carbocycles. The Morgan fingerprint density at radius 2 is 1.64 bits per heavy atom. The van der Waals surface area contributed by atoms with Crippen LogP contribution in [-0.4, -0.2) is 12.2 Å². The van der Waals surface area contributed by atoms with Gasteiger partial charge in [-0.15, -0.1) is 0 Å². The fourth-order valence-corrected chi connectivity index (χ4v) is 2.41. The van der Waals surface area contributed by atoms with Crippen molar-refractivity contribution in [2.45, 2.75) is 72.0 Å². The number of hydrogen-bond donors (Lipinski definition) is 0. The van der Waals surface area contributed by atoms with Crippen molar-refractivity contribution in [2.75, 3.05) is 0 Å². The molecule has 1 aliphatic rings. The molecule has 0 aromatic carbocycles. The van der Waals surface area contributed by atoms with Gasteiger partial charge in [-0.1, -0.05) is 20.8 Å². The monoisotopic (exact) mass is 198 g/mol. The molecule has 0 aromatic heterocycles. The second kappa shape index (κ2) is 5.75. The first-order valence-electron chi connectivity index (χ1n) is 6.23. The summed E-state index contributed by atoms with van der Waals surface area (Å²) >= 11 is 0. The maximum absolute atomic E-state index is 6.05. The van der Waals surface area contributed by atoms with Crippen LogP contribution in [0.3, 0.4) is 0 Å². The number of rotatable bonds is 4. The first-order valence-corrected chi connectivity index (χ1v) is 6.23. The summed E-state index contributed by atoms with van der Waals surface area (Å²) in [6, 6.07) is 0. The summed E-state index contributed by atoms with van der Waals surface area (Å²) in [6.45, 7) is 9.11. The summed E-state index contributed by atoms with van der Waals surface area (Å²) in [5.41, 5.74) is 0. The third-order valence-electron chi connectivity index (χ3n) is 3.19. The molecule has 0 amide bonds. The van der Waals surface area contributed by atoms with E-state index in [1.807, 2.05) is 0 Å². The van der Waals surface area contributed by atoms with E-state index in [0.717, 1.165) is 11.8 Å². The molecule has 0 saturated heterocycles. The Kier molecular flexibility index (Phi) is 4.94. The molecule has 1 atom stereocenters. The van der Waals surface area contributed by atoms with Crippen molar-refractivity contribution in [1.29, 1.82) is 0 Å². The van der Waals surface area contributed by atoms with Crippen molar-refractivity contribution in [1.82, 2.24) is 0 Å². The average molecular weight is 198 g/mol. The maximum atomic E-state index is 6.05. The zero-order valence-corrected chi connectivity index (χ0v) is 10.3. The van der Waals surface area contributed by atoms with E-state index >= 15 is 0 Å². The van der Waals surface area contributed by atoms with Crippen LogP contribution in [0.4, 0.5) is 0 Å². The fraction of sp³-hybridized carbons (Fsp3) is 1.00. The lowest BCUT2D eigenvalue weighted by Crippen LogP contribution is -2.25. The molecule has 14 heavy (non-hydrogen) atoms. The first kappa shape index (κ1) is 12.0. The molecule has 0 radical (unpaired) electrons. The molecule has 0 bridgehead atoms. The molecular formula is C13H26O. The SMILES string of the molecule is CC(C)C[C@@H](C)OC1CCC(C)CC1. The summed E-state index contributed by atoms with van der Waals surface area (Å²) in [5, 5.41) is 0. The Balaban J connectivity index is 2.17. The summed E-state index contributed by atoms with van der Waals surface area (Å²) in [7, 11) is 0. The summed E-state index contributed by atoms with van der Waals surface area (Å²) in [6.07, 6.45) is 7.49. The highest BCUT2D eigenvalue weighted by Gasteiger charge is 2.20. The molecule has 1 nitrogen and oxygen atoms in total. The van der Waals surface area contributed by atoms with Crippen LogP contribution in [0.15, 0.2) is 0 Å². The Hall–Kier alpha value is -0.0400. The fourth-order valence-electron chi connectivity index (χ4n) is 2.41. The van der Waals surface area contributed by atoms with Gasteiger partial charge in [0.15, 0.2) is 0 Å². The predicted octanol–water partition coefficient (Wildman–Crippen LogP) is 4.02. The number of hydrogen-bond acceptors (Lipinski definition) is 1. The molecule has 1 fully saturated rings. The van der Waals surface area contributed by atoms with Gasteiger partial charge in [-0.2, -0.15) is 0 Å². The standard InChI is InChI=1S/C13H26O/c1-10(2)9-12(4)14-13-7-5-11(3)6-8-13/h10-13H,5-9H2,1-4H3/t11?,12-,13?/m1/s1. The summed E-state index contributed by atoms with van der Waals surface area (Å²) < 4.78 is 6.05. The van der Waals surface area contributed by atoms with Crippen LogP contribution in [0, 0.1) is 11.8 Å². The maximum Gasteiger partial charge on any atom is 0.0579 e. The van der Waals surface area contributed by atoms with Crippen molar-refractivity contribution in [3.8, 4) is 0 Å². The zero-order valence-electron chi connectivity index (χ0n) is 10.3. The highest BCUT2D eigenvalue weighted by molar-refractivity contribution is 4.71. The molecule has 84 valence electrons. The topological polar surface area (TPSA) is 9.23 Å². The smallest absolute Gasteiger partial charge is 0.0579 e. The van der Waals surface area contributed by atoms with Crippen LogP contribution in [0.1, 0.15) is 59.8 Å². The normalized spacial score (nSPS) is 30.6. The lowest BCUT2D eigenvalue weighted by molar-refractivity contribution is -0.0346. The lowest BCUT2D eigenvalue weighted by Gasteiger charge is -2.29. The highest BCUT2D eigenvalue weighted by atomic mass is 16.5. The van der Waals surface area contributed by atoms with E-state index in [-0.39, 0.29) is 0 Å². The lowest BCUT2D eigenvalue weighted by atomic mass is 9.89. The van der Waals surface area contributed by atoms with E-state index < -0.39 is 0 Å². The Bertz CT molecular complexity index is 145. The van der Waals surface area contributed by atoms with Crippen LogP contribution in [0.2, 0.25) is 0 Å². The minimum Gasteiger partial charge on any atom is -0.375 e. The van der Waals surface area contributed by atoms with E-state index in [2.05, 4.69) is 27.7 Å². The van der Waals surface area contributed by atoms with Gasteiger partial charge in [0.05, 0.1) is 12.2 Å². The minimum absolute atomic E-state index is 0.452. The third-order valence-corrected chi connectivity index (χ3v) is 3.19. The van der Waals surface area contributed by atoms with Crippen molar-refractivity contribution in [2.24, 2.45) is 11.8 Å². The van der Waals surface area contributed by atoms with Gasteiger partial charge in [0.1, 0.15) is 0 Å². The van der Waals surface area contributed by atoms with Gasteiger partial charge in [0.2, 0.25) is 0 Å². The second-order valence-corrected chi connectivity index (χ2v) is 5.46. The molecule has 1 rings (SSSR count). The van der Waals surface area contributed by atoms with Crippen LogP contribution in [0.5, 0.6) is 0 Å². The van der Waals surface area contributed by atoms with Gasteiger partial charge in [-0.05, 0) is 50.9 Å². The highest BCUT2D eigenvalue weighted by Crippen LogP contribution is 2.27. The summed E-state index contributed by atoms with van der Waals surface area (Å²) in [5.74, 6) is 1.68. The van der Waals surface area contributed by atoms with E-state index in [9.17, 15) is 0 Å². The quantitative estimate of drug-likeness (QED) is 0.663. The molecule has 1 heteroatoms. The van der Waals surface area contributed by atoms with Gasteiger partial charge in [-0.3, -0.25) is 0 Å². The summed E-state index contributed by atoms with van der Waals surface area (Å²) in [4.78, 5) is 0.